The largest absolute Gasteiger partial charge is 0.379 e. The molecule has 1 unspecified atom stereocenters. The van der Waals surface area contributed by atoms with Crippen LogP contribution >= 0.6 is 15.9 Å². The first-order valence-corrected chi connectivity index (χ1v) is 7.59. The second-order valence-corrected chi connectivity index (χ2v) is 6.27. The van der Waals surface area contributed by atoms with Crippen molar-refractivity contribution < 1.29 is 0 Å². The molecular formula is C17H21BrN2. The van der Waals surface area contributed by atoms with Crippen molar-refractivity contribution in [2.75, 3.05) is 19.4 Å². The fourth-order valence-corrected chi connectivity index (χ4v) is 2.47. The van der Waals surface area contributed by atoms with Gasteiger partial charge >= 0.3 is 0 Å². The van der Waals surface area contributed by atoms with Gasteiger partial charge in [0.1, 0.15) is 0 Å². The highest BCUT2D eigenvalue weighted by atomic mass is 79.9. The second-order valence-electron chi connectivity index (χ2n) is 5.36. The van der Waals surface area contributed by atoms with Crippen molar-refractivity contribution in [1.29, 1.82) is 0 Å². The first-order valence-electron chi connectivity index (χ1n) is 6.80. The number of benzene rings is 2. The maximum atomic E-state index is 3.56. The van der Waals surface area contributed by atoms with Crippen molar-refractivity contribution in [2.45, 2.75) is 19.5 Å². The summed E-state index contributed by atoms with van der Waals surface area (Å²) in [6.07, 6.45) is 0. The van der Waals surface area contributed by atoms with Gasteiger partial charge in [-0.25, -0.2) is 0 Å². The number of nitrogens with zero attached hydrogens (tertiary/aromatic N) is 1. The van der Waals surface area contributed by atoms with Crippen molar-refractivity contribution in [3.05, 3.63) is 64.1 Å². The van der Waals surface area contributed by atoms with Crippen molar-refractivity contribution in [1.82, 2.24) is 4.90 Å². The molecule has 0 aromatic heterocycles. The monoisotopic (exact) mass is 332 g/mol. The second kappa shape index (κ2) is 6.91. The molecule has 2 aromatic carbocycles. The molecule has 2 aromatic rings. The van der Waals surface area contributed by atoms with Crippen molar-refractivity contribution in [3.63, 3.8) is 0 Å². The number of halogens is 1. The van der Waals surface area contributed by atoms with Crippen LogP contribution in [0.5, 0.6) is 0 Å². The van der Waals surface area contributed by atoms with Gasteiger partial charge in [-0.3, -0.25) is 0 Å². The first-order chi connectivity index (χ1) is 9.54. The Bertz CT molecular complexity index is 549. The minimum Gasteiger partial charge on any atom is -0.379 e. The predicted molar refractivity (Wildman–Crippen MR) is 90.0 cm³/mol. The van der Waals surface area contributed by atoms with E-state index in [1.807, 2.05) is 0 Å². The highest BCUT2D eigenvalue weighted by molar-refractivity contribution is 9.10. The van der Waals surface area contributed by atoms with Crippen LogP contribution in [-0.4, -0.2) is 19.0 Å². The zero-order valence-corrected chi connectivity index (χ0v) is 13.8. The highest BCUT2D eigenvalue weighted by Gasteiger charge is 2.05. The molecule has 1 atom stereocenters. The van der Waals surface area contributed by atoms with Crippen molar-refractivity contribution in [3.8, 4) is 0 Å². The molecule has 0 fully saturated rings. The topological polar surface area (TPSA) is 15.3 Å². The van der Waals surface area contributed by atoms with E-state index in [-0.39, 0.29) is 6.04 Å². The van der Waals surface area contributed by atoms with Gasteiger partial charge in [-0.05, 0) is 56.4 Å². The fourth-order valence-electron chi connectivity index (χ4n) is 2.21. The van der Waals surface area contributed by atoms with E-state index in [1.165, 1.54) is 16.8 Å². The fraction of sp³-hybridized carbons (Fsp3) is 0.294. The minimum atomic E-state index is 0.290. The lowest BCUT2D eigenvalue weighted by molar-refractivity contribution is 0.402. The molecule has 0 bridgehead atoms. The van der Waals surface area contributed by atoms with Crippen molar-refractivity contribution >= 4 is 21.6 Å². The SMILES string of the molecule is CC(Nc1cccc(CN(C)C)c1)c1ccc(Br)cc1. The molecule has 0 aliphatic heterocycles. The van der Waals surface area contributed by atoms with Crippen LogP contribution in [-0.2, 0) is 6.54 Å². The number of nitrogens with one attached hydrogen (secondary N) is 1. The van der Waals surface area contributed by atoms with Crippen LogP contribution in [0.4, 0.5) is 5.69 Å². The lowest BCUT2D eigenvalue weighted by Crippen LogP contribution is -2.11. The Balaban J connectivity index is 2.07. The van der Waals surface area contributed by atoms with Gasteiger partial charge in [-0.2, -0.15) is 0 Å². The molecule has 20 heavy (non-hydrogen) atoms. The zero-order chi connectivity index (χ0) is 14.5. The van der Waals surface area contributed by atoms with Gasteiger partial charge in [-0.1, -0.05) is 40.2 Å². The maximum absolute atomic E-state index is 3.56. The van der Waals surface area contributed by atoms with Crippen LogP contribution < -0.4 is 5.32 Å². The third-order valence-electron chi connectivity index (χ3n) is 3.18. The van der Waals surface area contributed by atoms with E-state index in [0.717, 1.165) is 11.0 Å². The summed E-state index contributed by atoms with van der Waals surface area (Å²) in [6, 6.07) is 17.3. The predicted octanol–water partition coefficient (Wildman–Crippen LogP) is 4.68. The zero-order valence-electron chi connectivity index (χ0n) is 12.2. The minimum absolute atomic E-state index is 0.290. The Kier molecular flexibility index (Phi) is 5.21. The number of hydrogen-bond donors (Lipinski definition) is 1. The van der Waals surface area contributed by atoms with E-state index < -0.39 is 0 Å². The van der Waals surface area contributed by atoms with Gasteiger partial charge in [-0.15, -0.1) is 0 Å². The van der Waals surface area contributed by atoms with Crippen LogP contribution in [0.1, 0.15) is 24.1 Å². The average molecular weight is 333 g/mol. The molecule has 3 heteroatoms. The van der Waals surface area contributed by atoms with Gasteiger partial charge in [0.25, 0.3) is 0 Å². The summed E-state index contributed by atoms with van der Waals surface area (Å²) in [4.78, 5) is 2.18. The van der Waals surface area contributed by atoms with Crippen molar-refractivity contribution in [2.24, 2.45) is 0 Å². The third-order valence-corrected chi connectivity index (χ3v) is 3.71. The number of rotatable bonds is 5. The van der Waals surface area contributed by atoms with Crippen LogP contribution in [0.2, 0.25) is 0 Å². The molecule has 0 aliphatic carbocycles. The molecule has 0 aliphatic rings. The molecule has 0 saturated heterocycles. The van der Waals surface area contributed by atoms with E-state index in [2.05, 4.69) is 95.7 Å². The Labute approximate surface area is 129 Å². The molecule has 0 heterocycles. The highest BCUT2D eigenvalue weighted by Crippen LogP contribution is 2.22. The number of anilines is 1. The van der Waals surface area contributed by atoms with Gasteiger partial charge < -0.3 is 10.2 Å². The van der Waals surface area contributed by atoms with Gasteiger partial charge in [0, 0.05) is 22.7 Å². The number of hydrogen-bond acceptors (Lipinski definition) is 2. The maximum Gasteiger partial charge on any atom is 0.0485 e. The summed E-state index contributed by atoms with van der Waals surface area (Å²) in [6.45, 7) is 3.14. The summed E-state index contributed by atoms with van der Waals surface area (Å²) < 4.78 is 1.11. The lowest BCUT2D eigenvalue weighted by Gasteiger charge is -2.17. The first kappa shape index (κ1) is 15.1. The van der Waals surface area contributed by atoms with E-state index in [0.29, 0.717) is 0 Å². The third kappa shape index (κ3) is 4.36. The standard InChI is InChI=1S/C17H21BrN2/c1-13(15-7-9-16(18)10-8-15)19-17-6-4-5-14(11-17)12-20(2)3/h4-11,13,19H,12H2,1-3H3. The van der Waals surface area contributed by atoms with E-state index >= 15 is 0 Å². The van der Waals surface area contributed by atoms with E-state index in [9.17, 15) is 0 Å². The smallest absolute Gasteiger partial charge is 0.0485 e. The average Bonchev–Trinajstić information content (AvgIpc) is 2.39. The molecule has 106 valence electrons. The quantitative estimate of drug-likeness (QED) is 0.854. The molecule has 1 N–H and O–H groups in total. The van der Waals surface area contributed by atoms with Gasteiger partial charge in [0.2, 0.25) is 0 Å². The summed E-state index contributed by atoms with van der Waals surface area (Å²) in [5.41, 5.74) is 3.77. The summed E-state index contributed by atoms with van der Waals surface area (Å²) >= 11 is 3.47. The van der Waals surface area contributed by atoms with Crippen LogP contribution in [0.15, 0.2) is 53.0 Å². The molecule has 0 radical (unpaired) electrons. The summed E-state index contributed by atoms with van der Waals surface area (Å²) in [5.74, 6) is 0. The molecule has 0 amide bonds. The van der Waals surface area contributed by atoms with Crippen LogP contribution in [0.3, 0.4) is 0 Å². The molecule has 2 rings (SSSR count). The molecule has 0 saturated carbocycles. The summed E-state index contributed by atoms with van der Waals surface area (Å²) in [5, 5.41) is 3.56. The Hall–Kier alpha value is -1.32. The Morgan fingerprint density at radius 2 is 1.80 bits per heavy atom. The van der Waals surface area contributed by atoms with Crippen LogP contribution in [0.25, 0.3) is 0 Å². The Morgan fingerprint density at radius 3 is 2.45 bits per heavy atom. The van der Waals surface area contributed by atoms with E-state index in [4.69, 9.17) is 0 Å². The summed E-state index contributed by atoms with van der Waals surface area (Å²) in [7, 11) is 4.18. The Morgan fingerprint density at radius 1 is 1.10 bits per heavy atom. The van der Waals surface area contributed by atoms with Gasteiger partial charge in [0.05, 0.1) is 0 Å². The molecular weight excluding hydrogens is 312 g/mol. The lowest BCUT2D eigenvalue weighted by atomic mass is 10.1. The normalized spacial score (nSPS) is 12.4. The van der Waals surface area contributed by atoms with E-state index in [1.54, 1.807) is 0 Å². The molecule has 0 spiro atoms. The van der Waals surface area contributed by atoms with Crippen LogP contribution in [0, 0.1) is 0 Å². The van der Waals surface area contributed by atoms with Gasteiger partial charge in [0.15, 0.2) is 0 Å². The molecule has 2 nitrogen and oxygen atoms in total.